The van der Waals surface area contributed by atoms with Gasteiger partial charge in [-0.15, -0.1) is 0 Å². The standard InChI is InChI=1S/C12H18N4O3S/c1-19-9-8-15-12(20)14-7-6-13-10-4-2-3-5-11(10)16(17)18/h2-5,13H,6-9H2,1H3,(H2,14,15,20). The van der Waals surface area contributed by atoms with Crippen LogP contribution < -0.4 is 16.0 Å². The molecule has 1 aromatic carbocycles. The summed E-state index contributed by atoms with van der Waals surface area (Å²) in [6.07, 6.45) is 0. The van der Waals surface area contributed by atoms with Crippen LogP contribution in [-0.4, -0.2) is 43.4 Å². The molecule has 0 radical (unpaired) electrons. The number of anilines is 1. The number of nitrogens with one attached hydrogen (secondary N) is 3. The van der Waals surface area contributed by atoms with Crippen molar-refractivity contribution in [1.29, 1.82) is 0 Å². The third-order valence-electron chi connectivity index (χ3n) is 2.42. The number of rotatable bonds is 8. The first kappa shape index (κ1) is 16.1. The molecule has 0 saturated heterocycles. The highest BCUT2D eigenvalue weighted by atomic mass is 32.1. The molecule has 0 bridgehead atoms. The molecule has 0 atom stereocenters. The highest BCUT2D eigenvalue weighted by Gasteiger charge is 2.10. The molecule has 8 heteroatoms. The average Bonchev–Trinajstić information content (AvgIpc) is 2.44. The number of nitrogens with zero attached hydrogens (tertiary/aromatic N) is 1. The van der Waals surface area contributed by atoms with Crippen molar-refractivity contribution in [3.05, 3.63) is 34.4 Å². The minimum atomic E-state index is -0.410. The van der Waals surface area contributed by atoms with Crippen LogP contribution in [0.25, 0.3) is 0 Å². The molecule has 0 amide bonds. The number of hydrogen-bond acceptors (Lipinski definition) is 5. The number of nitro benzene ring substituents is 1. The first-order valence-corrected chi connectivity index (χ1v) is 6.54. The zero-order chi connectivity index (χ0) is 14.8. The van der Waals surface area contributed by atoms with E-state index in [0.717, 1.165) is 0 Å². The van der Waals surface area contributed by atoms with E-state index in [1.807, 2.05) is 0 Å². The summed E-state index contributed by atoms with van der Waals surface area (Å²) in [4.78, 5) is 10.4. The number of hydrogen-bond donors (Lipinski definition) is 3. The van der Waals surface area contributed by atoms with Gasteiger partial charge in [0, 0.05) is 32.8 Å². The first-order chi connectivity index (χ1) is 9.65. The monoisotopic (exact) mass is 298 g/mol. The predicted octanol–water partition coefficient (Wildman–Crippen LogP) is 1.12. The van der Waals surface area contributed by atoms with E-state index in [9.17, 15) is 10.1 Å². The van der Waals surface area contributed by atoms with E-state index in [0.29, 0.717) is 37.0 Å². The van der Waals surface area contributed by atoms with Crippen LogP contribution in [0.4, 0.5) is 11.4 Å². The lowest BCUT2D eigenvalue weighted by atomic mass is 10.2. The van der Waals surface area contributed by atoms with Crippen LogP contribution in [-0.2, 0) is 4.74 Å². The van der Waals surface area contributed by atoms with Crippen LogP contribution in [0.1, 0.15) is 0 Å². The molecule has 3 N–H and O–H groups in total. The van der Waals surface area contributed by atoms with E-state index in [2.05, 4.69) is 16.0 Å². The maximum atomic E-state index is 10.8. The Labute approximate surface area is 122 Å². The Morgan fingerprint density at radius 3 is 2.70 bits per heavy atom. The third kappa shape index (κ3) is 5.81. The zero-order valence-corrected chi connectivity index (χ0v) is 12.0. The fourth-order valence-electron chi connectivity index (χ4n) is 1.48. The highest BCUT2D eigenvalue weighted by Crippen LogP contribution is 2.22. The highest BCUT2D eigenvalue weighted by molar-refractivity contribution is 7.80. The lowest BCUT2D eigenvalue weighted by Crippen LogP contribution is -2.39. The van der Waals surface area contributed by atoms with Crippen LogP contribution in [0.2, 0.25) is 0 Å². The van der Waals surface area contributed by atoms with Gasteiger partial charge in [0.25, 0.3) is 5.69 Å². The normalized spacial score (nSPS) is 9.85. The number of benzene rings is 1. The minimum Gasteiger partial charge on any atom is -0.383 e. The van der Waals surface area contributed by atoms with Crippen molar-refractivity contribution in [2.45, 2.75) is 0 Å². The number of para-hydroxylation sites is 2. The van der Waals surface area contributed by atoms with E-state index in [1.54, 1.807) is 25.3 Å². The Bertz CT molecular complexity index is 456. The molecule has 0 spiro atoms. The smallest absolute Gasteiger partial charge is 0.292 e. The summed E-state index contributed by atoms with van der Waals surface area (Å²) >= 11 is 5.05. The van der Waals surface area contributed by atoms with E-state index in [4.69, 9.17) is 17.0 Å². The van der Waals surface area contributed by atoms with Crippen molar-refractivity contribution in [1.82, 2.24) is 10.6 Å². The summed E-state index contributed by atoms with van der Waals surface area (Å²) in [5.41, 5.74) is 0.561. The summed E-state index contributed by atoms with van der Waals surface area (Å²) < 4.78 is 4.89. The van der Waals surface area contributed by atoms with Crippen molar-refractivity contribution in [2.24, 2.45) is 0 Å². The van der Waals surface area contributed by atoms with Gasteiger partial charge in [-0.3, -0.25) is 10.1 Å². The molecule has 0 heterocycles. The van der Waals surface area contributed by atoms with E-state index >= 15 is 0 Å². The van der Waals surface area contributed by atoms with Crippen LogP contribution in [0, 0.1) is 10.1 Å². The molecule has 110 valence electrons. The second kappa shape index (κ2) is 9.05. The minimum absolute atomic E-state index is 0.0632. The Morgan fingerprint density at radius 1 is 1.30 bits per heavy atom. The molecule has 0 aliphatic rings. The summed E-state index contributed by atoms with van der Waals surface area (Å²) in [7, 11) is 1.62. The number of ether oxygens (including phenoxy) is 1. The van der Waals surface area contributed by atoms with Gasteiger partial charge in [0.1, 0.15) is 5.69 Å². The molecule has 1 aromatic rings. The molecule has 0 fully saturated rings. The van der Waals surface area contributed by atoms with Crippen molar-refractivity contribution >= 4 is 28.7 Å². The molecular formula is C12H18N4O3S. The molecule has 0 aliphatic heterocycles. The molecule has 1 rings (SSSR count). The molecule has 20 heavy (non-hydrogen) atoms. The fourth-order valence-corrected chi connectivity index (χ4v) is 1.69. The molecule has 0 saturated carbocycles. The van der Waals surface area contributed by atoms with Crippen LogP contribution >= 0.6 is 12.2 Å². The van der Waals surface area contributed by atoms with Gasteiger partial charge in [-0.25, -0.2) is 0 Å². The van der Waals surface area contributed by atoms with Crippen LogP contribution in [0.5, 0.6) is 0 Å². The van der Waals surface area contributed by atoms with Crippen LogP contribution in [0.3, 0.4) is 0 Å². The molecule has 0 aliphatic carbocycles. The summed E-state index contributed by atoms with van der Waals surface area (Å²) in [6.45, 7) is 2.30. The van der Waals surface area contributed by atoms with Crippen LogP contribution in [0.15, 0.2) is 24.3 Å². The summed E-state index contributed by atoms with van der Waals surface area (Å²) in [6, 6.07) is 6.52. The summed E-state index contributed by atoms with van der Waals surface area (Å²) in [5.74, 6) is 0. The molecule has 7 nitrogen and oxygen atoms in total. The quantitative estimate of drug-likeness (QED) is 0.287. The molecule has 0 aromatic heterocycles. The van der Waals surface area contributed by atoms with Gasteiger partial charge >= 0.3 is 0 Å². The van der Waals surface area contributed by atoms with Crippen molar-refractivity contribution in [3.8, 4) is 0 Å². The SMILES string of the molecule is COCCNC(=S)NCCNc1ccccc1[N+](=O)[O-]. The van der Waals surface area contributed by atoms with Crippen molar-refractivity contribution in [3.63, 3.8) is 0 Å². The van der Waals surface area contributed by atoms with Gasteiger partial charge in [0.05, 0.1) is 11.5 Å². The third-order valence-corrected chi connectivity index (χ3v) is 2.71. The van der Waals surface area contributed by atoms with Gasteiger partial charge < -0.3 is 20.7 Å². The fraction of sp³-hybridized carbons (Fsp3) is 0.417. The lowest BCUT2D eigenvalue weighted by Gasteiger charge is -2.11. The van der Waals surface area contributed by atoms with Gasteiger partial charge in [-0.1, -0.05) is 12.1 Å². The topological polar surface area (TPSA) is 88.5 Å². The Kier molecular flexibility index (Phi) is 7.30. The van der Waals surface area contributed by atoms with Gasteiger partial charge in [0.15, 0.2) is 5.11 Å². The molecule has 0 unspecified atom stereocenters. The number of thiocarbonyl (C=S) groups is 1. The maximum Gasteiger partial charge on any atom is 0.292 e. The number of nitro groups is 1. The van der Waals surface area contributed by atoms with Gasteiger partial charge in [0.2, 0.25) is 0 Å². The Morgan fingerprint density at radius 2 is 2.00 bits per heavy atom. The van der Waals surface area contributed by atoms with Gasteiger partial charge in [-0.2, -0.15) is 0 Å². The zero-order valence-electron chi connectivity index (χ0n) is 11.2. The van der Waals surface area contributed by atoms with Gasteiger partial charge in [-0.05, 0) is 18.3 Å². The second-order valence-electron chi connectivity index (χ2n) is 3.88. The maximum absolute atomic E-state index is 10.8. The summed E-state index contributed by atoms with van der Waals surface area (Å²) in [5, 5.41) is 20.3. The van der Waals surface area contributed by atoms with E-state index < -0.39 is 4.92 Å². The van der Waals surface area contributed by atoms with Crippen molar-refractivity contribution in [2.75, 3.05) is 38.7 Å². The Balaban J connectivity index is 2.28. The van der Waals surface area contributed by atoms with E-state index in [1.165, 1.54) is 6.07 Å². The molecular weight excluding hydrogens is 280 g/mol. The first-order valence-electron chi connectivity index (χ1n) is 6.13. The lowest BCUT2D eigenvalue weighted by molar-refractivity contribution is -0.384. The van der Waals surface area contributed by atoms with E-state index in [-0.39, 0.29) is 5.69 Å². The predicted molar refractivity (Wildman–Crippen MR) is 82.1 cm³/mol. The largest absolute Gasteiger partial charge is 0.383 e. The number of methoxy groups -OCH3 is 1. The second-order valence-corrected chi connectivity index (χ2v) is 4.28. The average molecular weight is 298 g/mol. The Hall–Kier alpha value is -1.93. The van der Waals surface area contributed by atoms with Crippen molar-refractivity contribution < 1.29 is 9.66 Å².